The Labute approximate surface area is 163 Å². The molecule has 4 aromatic rings. The van der Waals surface area contributed by atoms with E-state index in [1.165, 1.54) is 23.9 Å². The molecular weight excluding hydrogens is 386 g/mol. The molecule has 4 rings (SSSR count). The van der Waals surface area contributed by atoms with Crippen molar-refractivity contribution in [2.24, 2.45) is 0 Å². The number of aromatic nitrogens is 4. The lowest BCUT2D eigenvalue weighted by atomic mass is 10.2. The Morgan fingerprint density at radius 3 is 2.44 bits per heavy atom. The molecule has 2 aromatic heterocycles. The van der Waals surface area contributed by atoms with Gasteiger partial charge in [-0.3, -0.25) is 10.1 Å². The number of non-ortho nitro benzene ring substituents is 1. The minimum atomic E-state index is -0.406. The third kappa shape index (κ3) is 3.76. The van der Waals surface area contributed by atoms with E-state index in [-0.39, 0.29) is 5.69 Å². The first-order valence-corrected chi connectivity index (χ1v) is 9.31. The summed E-state index contributed by atoms with van der Waals surface area (Å²) in [7, 11) is 0. The molecule has 0 spiro atoms. The van der Waals surface area contributed by atoms with Gasteiger partial charge in [0.2, 0.25) is 0 Å². The van der Waals surface area contributed by atoms with E-state index >= 15 is 0 Å². The zero-order chi connectivity index (χ0) is 18.8. The van der Waals surface area contributed by atoms with Crippen LogP contribution in [0.1, 0.15) is 5.56 Å². The smallest absolute Gasteiger partial charge is 0.258 e. The highest BCUT2D eigenvalue weighted by atomic mass is 35.5. The van der Waals surface area contributed by atoms with E-state index in [0.717, 1.165) is 16.2 Å². The van der Waals surface area contributed by atoms with Crippen molar-refractivity contribution in [1.82, 2.24) is 19.8 Å². The maximum Gasteiger partial charge on any atom is 0.269 e. The zero-order valence-electron chi connectivity index (χ0n) is 13.8. The highest BCUT2D eigenvalue weighted by Gasteiger charge is 2.11. The first kappa shape index (κ1) is 17.4. The van der Waals surface area contributed by atoms with Crippen molar-refractivity contribution in [2.45, 2.75) is 10.8 Å². The highest BCUT2D eigenvalue weighted by molar-refractivity contribution is 7.98. The van der Waals surface area contributed by atoms with Crippen molar-refractivity contribution in [3.05, 3.63) is 81.4 Å². The van der Waals surface area contributed by atoms with Gasteiger partial charge in [-0.15, -0.1) is 10.2 Å². The van der Waals surface area contributed by atoms with Crippen LogP contribution in [0.2, 0.25) is 5.02 Å². The van der Waals surface area contributed by atoms with E-state index < -0.39 is 4.92 Å². The summed E-state index contributed by atoms with van der Waals surface area (Å²) >= 11 is 7.48. The van der Waals surface area contributed by atoms with Gasteiger partial charge >= 0.3 is 0 Å². The Balaban J connectivity index is 1.56. The van der Waals surface area contributed by atoms with Crippen LogP contribution in [0.25, 0.3) is 17.0 Å². The van der Waals surface area contributed by atoms with Crippen LogP contribution in [-0.4, -0.2) is 24.7 Å². The second-order valence-electron chi connectivity index (χ2n) is 5.68. The van der Waals surface area contributed by atoms with Gasteiger partial charge in [-0.2, -0.15) is 9.61 Å². The van der Waals surface area contributed by atoms with Gasteiger partial charge in [0.1, 0.15) is 5.03 Å². The fraction of sp³-hybridized carbons (Fsp3) is 0.0556. The summed E-state index contributed by atoms with van der Waals surface area (Å²) in [6, 6.07) is 17.6. The van der Waals surface area contributed by atoms with Crippen molar-refractivity contribution in [3.8, 4) is 11.4 Å². The molecule has 0 bridgehead atoms. The molecule has 0 saturated carbocycles. The molecule has 0 radical (unpaired) electrons. The van der Waals surface area contributed by atoms with Crippen LogP contribution in [0.4, 0.5) is 5.69 Å². The standard InChI is InChI=1S/C18H12ClN5O2S/c19-14-5-3-13(4-6-14)18-21-20-16-9-10-17(22-23(16)18)27-11-12-1-7-15(8-2-12)24(25)26/h1-10H,11H2. The molecule has 0 aliphatic carbocycles. The number of benzene rings is 2. The summed E-state index contributed by atoms with van der Waals surface area (Å²) < 4.78 is 1.70. The van der Waals surface area contributed by atoms with Crippen molar-refractivity contribution < 1.29 is 4.92 Å². The predicted molar refractivity (Wildman–Crippen MR) is 104 cm³/mol. The zero-order valence-corrected chi connectivity index (χ0v) is 15.4. The third-order valence-electron chi connectivity index (χ3n) is 3.87. The molecular formula is C18H12ClN5O2S. The first-order chi connectivity index (χ1) is 13.1. The summed E-state index contributed by atoms with van der Waals surface area (Å²) in [5.74, 6) is 1.29. The highest BCUT2D eigenvalue weighted by Crippen LogP contribution is 2.25. The second kappa shape index (κ2) is 7.34. The number of rotatable bonds is 5. The average Bonchev–Trinajstić information content (AvgIpc) is 3.10. The van der Waals surface area contributed by atoms with Crippen molar-refractivity contribution in [1.29, 1.82) is 0 Å². The molecule has 0 aliphatic heterocycles. The first-order valence-electron chi connectivity index (χ1n) is 7.95. The molecule has 2 aromatic carbocycles. The number of hydrogen-bond acceptors (Lipinski definition) is 6. The van der Waals surface area contributed by atoms with Gasteiger partial charge in [-0.05, 0) is 42.0 Å². The maximum absolute atomic E-state index is 10.7. The van der Waals surface area contributed by atoms with Gasteiger partial charge in [0.15, 0.2) is 11.5 Å². The Kier molecular flexibility index (Phi) is 4.74. The van der Waals surface area contributed by atoms with Gasteiger partial charge in [-0.1, -0.05) is 35.5 Å². The molecule has 134 valence electrons. The number of fused-ring (bicyclic) bond motifs is 1. The fourth-order valence-corrected chi connectivity index (χ4v) is 3.44. The number of hydrogen-bond donors (Lipinski definition) is 0. The molecule has 0 atom stereocenters. The molecule has 27 heavy (non-hydrogen) atoms. The van der Waals surface area contributed by atoms with Crippen LogP contribution >= 0.6 is 23.4 Å². The lowest BCUT2D eigenvalue weighted by Gasteiger charge is -2.04. The topological polar surface area (TPSA) is 86.2 Å². The molecule has 7 nitrogen and oxygen atoms in total. The van der Waals surface area contributed by atoms with E-state index in [9.17, 15) is 10.1 Å². The summed E-state index contributed by atoms with van der Waals surface area (Å²) in [5, 5.41) is 25.2. The van der Waals surface area contributed by atoms with E-state index in [2.05, 4.69) is 15.3 Å². The monoisotopic (exact) mass is 397 g/mol. The number of halogens is 1. The van der Waals surface area contributed by atoms with E-state index in [1.54, 1.807) is 28.8 Å². The SMILES string of the molecule is O=[N+]([O-])c1ccc(CSc2ccc3nnc(-c4ccc(Cl)cc4)n3n2)cc1. The van der Waals surface area contributed by atoms with Crippen molar-refractivity contribution >= 4 is 34.7 Å². The lowest BCUT2D eigenvalue weighted by Crippen LogP contribution is -1.96. The molecule has 0 saturated heterocycles. The Morgan fingerprint density at radius 2 is 1.74 bits per heavy atom. The Bertz CT molecular complexity index is 1110. The third-order valence-corrected chi connectivity index (χ3v) is 5.12. The van der Waals surface area contributed by atoms with Crippen LogP contribution in [0, 0.1) is 10.1 Å². The van der Waals surface area contributed by atoms with E-state index in [0.29, 0.717) is 22.2 Å². The van der Waals surface area contributed by atoms with Crippen LogP contribution in [-0.2, 0) is 5.75 Å². The number of nitrogens with zero attached hydrogens (tertiary/aromatic N) is 5. The van der Waals surface area contributed by atoms with Crippen LogP contribution in [0.5, 0.6) is 0 Å². The Hall–Kier alpha value is -2.97. The quantitative estimate of drug-likeness (QED) is 0.277. The van der Waals surface area contributed by atoms with Gasteiger partial charge in [0.05, 0.1) is 4.92 Å². The molecule has 9 heteroatoms. The summed E-state index contributed by atoms with van der Waals surface area (Å²) in [5.41, 5.74) is 2.59. The lowest BCUT2D eigenvalue weighted by molar-refractivity contribution is -0.384. The fourth-order valence-electron chi connectivity index (χ4n) is 2.50. The van der Waals surface area contributed by atoms with Crippen molar-refractivity contribution in [2.75, 3.05) is 0 Å². The molecule has 0 aliphatic rings. The molecule has 0 fully saturated rings. The summed E-state index contributed by atoms with van der Waals surface area (Å²) in [4.78, 5) is 10.3. The van der Waals surface area contributed by atoms with E-state index in [4.69, 9.17) is 11.6 Å². The largest absolute Gasteiger partial charge is 0.269 e. The van der Waals surface area contributed by atoms with Crippen LogP contribution in [0.15, 0.2) is 65.7 Å². The molecule has 2 heterocycles. The minimum Gasteiger partial charge on any atom is -0.258 e. The molecule has 0 amide bonds. The molecule has 0 unspecified atom stereocenters. The Morgan fingerprint density at radius 1 is 1.00 bits per heavy atom. The van der Waals surface area contributed by atoms with Gasteiger partial charge in [0.25, 0.3) is 5.69 Å². The number of thioether (sulfide) groups is 1. The second-order valence-corrected chi connectivity index (χ2v) is 7.12. The average molecular weight is 398 g/mol. The van der Waals surface area contributed by atoms with Crippen LogP contribution in [0.3, 0.4) is 0 Å². The van der Waals surface area contributed by atoms with Crippen LogP contribution < -0.4 is 0 Å². The maximum atomic E-state index is 10.7. The normalized spacial score (nSPS) is 11.0. The van der Waals surface area contributed by atoms with Crippen molar-refractivity contribution in [3.63, 3.8) is 0 Å². The van der Waals surface area contributed by atoms with Gasteiger partial charge in [-0.25, -0.2) is 0 Å². The molecule has 0 N–H and O–H groups in total. The number of nitro groups is 1. The van der Waals surface area contributed by atoms with Gasteiger partial charge < -0.3 is 0 Å². The summed E-state index contributed by atoms with van der Waals surface area (Å²) in [6.07, 6.45) is 0. The predicted octanol–water partition coefficient (Wildman–Crippen LogP) is 4.65. The number of nitro benzene ring substituents is 1. The summed E-state index contributed by atoms with van der Waals surface area (Å²) in [6.45, 7) is 0. The van der Waals surface area contributed by atoms with E-state index in [1.807, 2.05) is 24.3 Å². The minimum absolute atomic E-state index is 0.0837. The van der Waals surface area contributed by atoms with Gasteiger partial charge in [0, 0.05) is 28.5 Å².